The maximum Gasteiger partial charge on any atom is 0.242 e. The number of aromatic nitrogens is 2. The third kappa shape index (κ3) is 3.91. The Labute approximate surface area is 154 Å². The van der Waals surface area contributed by atoms with Crippen molar-refractivity contribution in [1.29, 1.82) is 0 Å². The molecule has 0 aliphatic carbocycles. The van der Waals surface area contributed by atoms with Gasteiger partial charge in [-0.15, -0.1) is 0 Å². The average Bonchev–Trinajstić information content (AvgIpc) is 3.10. The highest BCUT2D eigenvalue weighted by Gasteiger charge is 2.27. The first-order valence-corrected chi connectivity index (χ1v) is 10.7. The van der Waals surface area contributed by atoms with Crippen LogP contribution in [0.1, 0.15) is 32.7 Å². The highest BCUT2D eigenvalue weighted by atomic mass is 32.2. The lowest BCUT2D eigenvalue weighted by Crippen LogP contribution is -2.42. The number of para-hydroxylation sites is 2. The zero-order valence-corrected chi connectivity index (χ0v) is 16.1. The normalized spacial score (nSPS) is 18.1. The number of amides is 1. The molecule has 142 valence electrons. The van der Waals surface area contributed by atoms with Crippen molar-refractivity contribution in [2.45, 2.75) is 32.7 Å². The monoisotopic (exact) mass is 378 g/mol. The number of imidazole rings is 1. The standard InChI is InChI=1S/C18H26N4O3S/c1-3-26(24,25)21-10-8-15(9-11-21)12-19-18(23)14(2)22-13-20-16-6-4-5-7-17(16)22/h4-7,13-15H,3,8-12H2,1-2H3,(H,19,23). The van der Waals surface area contributed by atoms with Crippen molar-refractivity contribution in [3.8, 4) is 0 Å². The topological polar surface area (TPSA) is 84.3 Å². The Morgan fingerprint density at radius 2 is 2.00 bits per heavy atom. The summed E-state index contributed by atoms with van der Waals surface area (Å²) >= 11 is 0. The van der Waals surface area contributed by atoms with Crippen LogP contribution in [0.4, 0.5) is 0 Å². The van der Waals surface area contributed by atoms with E-state index in [4.69, 9.17) is 0 Å². The van der Waals surface area contributed by atoms with Crippen LogP contribution >= 0.6 is 0 Å². The number of hydrogen-bond donors (Lipinski definition) is 1. The summed E-state index contributed by atoms with van der Waals surface area (Å²) < 4.78 is 27.2. The number of hydrogen-bond acceptors (Lipinski definition) is 4. The summed E-state index contributed by atoms with van der Waals surface area (Å²) in [5.41, 5.74) is 1.81. The summed E-state index contributed by atoms with van der Waals surface area (Å²) in [7, 11) is -3.10. The lowest BCUT2D eigenvalue weighted by Gasteiger charge is -2.31. The van der Waals surface area contributed by atoms with E-state index in [1.807, 2.05) is 35.8 Å². The van der Waals surface area contributed by atoms with Gasteiger partial charge in [-0.2, -0.15) is 0 Å². The molecule has 1 atom stereocenters. The van der Waals surface area contributed by atoms with E-state index in [0.717, 1.165) is 23.9 Å². The predicted octanol–water partition coefficient (Wildman–Crippen LogP) is 1.78. The maximum absolute atomic E-state index is 12.5. The minimum Gasteiger partial charge on any atom is -0.354 e. The molecule has 1 saturated heterocycles. The van der Waals surface area contributed by atoms with Crippen LogP contribution in [-0.2, 0) is 14.8 Å². The van der Waals surface area contributed by atoms with E-state index in [1.54, 1.807) is 17.6 Å². The van der Waals surface area contributed by atoms with Gasteiger partial charge in [0.25, 0.3) is 0 Å². The third-order valence-electron chi connectivity index (χ3n) is 5.17. The van der Waals surface area contributed by atoms with Crippen LogP contribution in [0.25, 0.3) is 11.0 Å². The van der Waals surface area contributed by atoms with Gasteiger partial charge in [0.15, 0.2) is 0 Å². The summed E-state index contributed by atoms with van der Waals surface area (Å²) in [6.07, 6.45) is 3.26. The minimum atomic E-state index is -3.10. The quantitative estimate of drug-likeness (QED) is 0.830. The highest BCUT2D eigenvalue weighted by Crippen LogP contribution is 2.20. The SMILES string of the molecule is CCS(=O)(=O)N1CCC(CNC(=O)C(C)n2cnc3ccccc32)CC1. The number of carbonyl (C=O) groups is 1. The molecule has 8 heteroatoms. The fourth-order valence-electron chi connectivity index (χ4n) is 3.38. The summed E-state index contributed by atoms with van der Waals surface area (Å²) in [5, 5.41) is 3.02. The summed E-state index contributed by atoms with van der Waals surface area (Å²) in [4.78, 5) is 16.9. The van der Waals surface area contributed by atoms with E-state index in [9.17, 15) is 13.2 Å². The van der Waals surface area contributed by atoms with Crippen LogP contribution in [0.15, 0.2) is 30.6 Å². The molecule has 3 rings (SSSR count). The number of benzene rings is 1. The first kappa shape index (κ1) is 18.8. The second-order valence-corrected chi connectivity index (χ2v) is 9.06. The Morgan fingerprint density at radius 3 is 2.69 bits per heavy atom. The Bertz CT molecular complexity index is 869. The molecule has 0 bridgehead atoms. The van der Waals surface area contributed by atoms with Gasteiger partial charge in [0.1, 0.15) is 6.04 Å². The summed E-state index contributed by atoms with van der Waals surface area (Å²) in [5.74, 6) is 0.413. The van der Waals surface area contributed by atoms with Gasteiger partial charge in [-0.05, 0) is 44.7 Å². The lowest BCUT2D eigenvalue weighted by molar-refractivity contribution is -0.124. The molecule has 1 aliphatic rings. The third-order valence-corrected chi connectivity index (χ3v) is 7.06. The maximum atomic E-state index is 12.5. The molecule has 1 N–H and O–H groups in total. The predicted molar refractivity (Wildman–Crippen MR) is 101 cm³/mol. The fraction of sp³-hybridized carbons (Fsp3) is 0.556. The Balaban J connectivity index is 1.53. The Morgan fingerprint density at radius 1 is 1.31 bits per heavy atom. The molecule has 0 saturated carbocycles. The number of nitrogens with one attached hydrogen (secondary N) is 1. The highest BCUT2D eigenvalue weighted by molar-refractivity contribution is 7.89. The van der Waals surface area contributed by atoms with Crippen LogP contribution in [0.3, 0.4) is 0 Å². The van der Waals surface area contributed by atoms with Gasteiger partial charge < -0.3 is 9.88 Å². The number of fused-ring (bicyclic) bond motifs is 1. The average molecular weight is 378 g/mol. The van der Waals surface area contributed by atoms with E-state index in [-0.39, 0.29) is 17.7 Å². The molecule has 0 radical (unpaired) electrons. The van der Waals surface area contributed by atoms with Gasteiger partial charge in [-0.25, -0.2) is 17.7 Å². The molecule has 1 aliphatic heterocycles. The number of nitrogens with zero attached hydrogens (tertiary/aromatic N) is 3. The van der Waals surface area contributed by atoms with Crippen LogP contribution in [0.2, 0.25) is 0 Å². The van der Waals surface area contributed by atoms with E-state index in [2.05, 4.69) is 10.3 Å². The first-order chi connectivity index (χ1) is 12.4. The molecule has 26 heavy (non-hydrogen) atoms. The molecule has 1 fully saturated rings. The zero-order chi connectivity index (χ0) is 18.7. The van der Waals surface area contributed by atoms with Crippen LogP contribution in [-0.4, -0.2) is 53.6 Å². The minimum absolute atomic E-state index is 0.0447. The largest absolute Gasteiger partial charge is 0.354 e. The van der Waals surface area contributed by atoms with E-state index in [0.29, 0.717) is 25.6 Å². The van der Waals surface area contributed by atoms with Gasteiger partial charge in [-0.1, -0.05) is 12.1 Å². The van der Waals surface area contributed by atoms with Crippen molar-refractivity contribution < 1.29 is 13.2 Å². The van der Waals surface area contributed by atoms with Gasteiger partial charge in [0.2, 0.25) is 15.9 Å². The van der Waals surface area contributed by atoms with E-state index < -0.39 is 10.0 Å². The molecule has 1 aromatic carbocycles. The van der Waals surface area contributed by atoms with E-state index >= 15 is 0 Å². The van der Waals surface area contributed by atoms with Crippen molar-refractivity contribution in [2.75, 3.05) is 25.4 Å². The lowest BCUT2D eigenvalue weighted by atomic mass is 9.98. The van der Waals surface area contributed by atoms with Gasteiger partial charge in [-0.3, -0.25) is 4.79 Å². The number of rotatable bonds is 6. The molecule has 2 aromatic rings. The van der Waals surface area contributed by atoms with Gasteiger partial charge >= 0.3 is 0 Å². The summed E-state index contributed by atoms with van der Waals surface area (Å²) in [6, 6.07) is 7.39. The van der Waals surface area contributed by atoms with Gasteiger partial charge in [0.05, 0.1) is 23.1 Å². The first-order valence-electron chi connectivity index (χ1n) is 9.09. The molecule has 1 unspecified atom stereocenters. The molecule has 7 nitrogen and oxygen atoms in total. The molecule has 2 heterocycles. The van der Waals surface area contributed by atoms with Gasteiger partial charge in [0, 0.05) is 19.6 Å². The van der Waals surface area contributed by atoms with Crippen LogP contribution in [0, 0.1) is 5.92 Å². The Hall–Kier alpha value is -1.93. The zero-order valence-electron chi connectivity index (χ0n) is 15.3. The molecular formula is C18H26N4O3S. The van der Waals surface area contributed by atoms with Crippen LogP contribution in [0.5, 0.6) is 0 Å². The Kier molecular flexibility index (Phi) is 5.62. The molecular weight excluding hydrogens is 352 g/mol. The van der Waals surface area contributed by atoms with E-state index in [1.165, 1.54) is 0 Å². The molecule has 0 spiro atoms. The van der Waals surface area contributed by atoms with Crippen molar-refractivity contribution in [3.05, 3.63) is 30.6 Å². The number of piperidine rings is 1. The number of sulfonamides is 1. The van der Waals surface area contributed by atoms with Crippen molar-refractivity contribution in [3.63, 3.8) is 0 Å². The molecule has 1 amide bonds. The number of carbonyl (C=O) groups excluding carboxylic acids is 1. The second kappa shape index (κ2) is 7.75. The van der Waals surface area contributed by atoms with Crippen LogP contribution < -0.4 is 5.32 Å². The second-order valence-electron chi connectivity index (χ2n) is 6.80. The smallest absolute Gasteiger partial charge is 0.242 e. The van der Waals surface area contributed by atoms with Crippen molar-refractivity contribution in [2.24, 2.45) is 5.92 Å². The van der Waals surface area contributed by atoms with Crippen molar-refractivity contribution >= 4 is 27.0 Å². The fourth-order valence-corrected chi connectivity index (χ4v) is 4.51. The molecule has 1 aromatic heterocycles. The van der Waals surface area contributed by atoms with Crippen molar-refractivity contribution in [1.82, 2.24) is 19.2 Å². The summed E-state index contributed by atoms with van der Waals surface area (Å²) in [6.45, 7) is 5.19.